The molecule has 3 nitrogen and oxygen atoms in total. The van der Waals surface area contributed by atoms with Crippen molar-refractivity contribution in [2.24, 2.45) is 5.73 Å². The van der Waals surface area contributed by atoms with Crippen LogP contribution in [0.15, 0.2) is 40.4 Å². The van der Waals surface area contributed by atoms with Crippen molar-refractivity contribution < 1.29 is 0 Å². The van der Waals surface area contributed by atoms with Crippen molar-refractivity contribution in [2.45, 2.75) is 6.54 Å². The zero-order valence-corrected chi connectivity index (χ0v) is 11.3. The smallest absolute Gasteiger partial charge is 0.154 e. The summed E-state index contributed by atoms with van der Waals surface area (Å²) < 4.78 is 3.19. The number of halogens is 1. The van der Waals surface area contributed by atoms with Crippen LogP contribution in [-0.2, 0) is 6.54 Å². The summed E-state index contributed by atoms with van der Waals surface area (Å²) in [5, 5.41) is 0. The Kier molecular flexibility index (Phi) is 2.74. The Morgan fingerprint density at radius 1 is 1.35 bits per heavy atom. The van der Waals surface area contributed by atoms with Gasteiger partial charge in [0, 0.05) is 12.7 Å². The lowest BCUT2D eigenvalue weighted by molar-refractivity contribution is 1.05. The van der Waals surface area contributed by atoms with Crippen molar-refractivity contribution in [3.05, 3.63) is 46.0 Å². The van der Waals surface area contributed by atoms with E-state index >= 15 is 0 Å². The molecule has 0 spiro atoms. The lowest BCUT2D eigenvalue weighted by atomic mass is 10.2. The Morgan fingerprint density at radius 3 is 2.94 bits per heavy atom. The minimum Gasteiger partial charge on any atom is -0.326 e. The molecular formula is C12H10BrN3S. The van der Waals surface area contributed by atoms with Crippen molar-refractivity contribution in [3.63, 3.8) is 0 Å². The number of rotatable bonds is 2. The van der Waals surface area contributed by atoms with E-state index in [0.717, 1.165) is 25.6 Å². The summed E-state index contributed by atoms with van der Waals surface area (Å²) in [4.78, 5) is 5.63. The lowest BCUT2D eigenvalue weighted by Gasteiger charge is -2.02. The minimum absolute atomic E-state index is 0.531. The van der Waals surface area contributed by atoms with Crippen LogP contribution in [-0.4, -0.2) is 9.38 Å². The van der Waals surface area contributed by atoms with Crippen molar-refractivity contribution in [1.29, 1.82) is 0 Å². The number of pyridine rings is 1. The van der Waals surface area contributed by atoms with Gasteiger partial charge in [-0.25, -0.2) is 4.98 Å². The molecule has 0 aliphatic rings. The molecule has 3 aromatic rings. The molecule has 0 fully saturated rings. The Balaban J connectivity index is 2.25. The molecule has 3 aromatic heterocycles. The standard InChI is InChI=1S/C12H10BrN3S/c13-11-4-3-10(17-11)12-15-7-9-8(6-14)2-1-5-16(9)12/h1-5,7H,6,14H2. The maximum Gasteiger partial charge on any atom is 0.154 e. The van der Waals surface area contributed by atoms with Gasteiger partial charge in [0.1, 0.15) is 0 Å². The van der Waals surface area contributed by atoms with Crippen LogP contribution in [0.25, 0.3) is 16.2 Å². The number of nitrogens with zero attached hydrogens (tertiary/aromatic N) is 2. The van der Waals surface area contributed by atoms with Crippen LogP contribution in [0.1, 0.15) is 5.56 Å². The molecule has 0 aliphatic carbocycles. The average Bonchev–Trinajstić information content (AvgIpc) is 2.94. The maximum atomic E-state index is 5.72. The zero-order chi connectivity index (χ0) is 11.8. The second-order valence-corrected chi connectivity index (χ2v) is 6.14. The molecule has 5 heteroatoms. The summed E-state index contributed by atoms with van der Waals surface area (Å²) in [5.41, 5.74) is 7.91. The Bertz CT molecular complexity index is 671. The van der Waals surface area contributed by atoms with Gasteiger partial charge < -0.3 is 5.73 Å². The molecule has 0 bridgehead atoms. The van der Waals surface area contributed by atoms with Crippen LogP contribution in [0.5, 0.6) is 0 Å². The highest BCUT2D eigenvalue weighted by Crippen LogP contribution is 2.31. The lowest BCUT2D eigenvalue weighted by Crippen LogP contribution is -1.99. The van der Waals surface area contributed by atoms with E-state index < -0.39 is 0 Å². The van der Waals surface area contributed by atoms with Gasteiger partial charge in [-0.3, -0.25) is 4.40 Å². The molecule has 3 heterocycles. The third-order valence-corrected chi connectivity index (χ3v) is 4.29. The molecule has 17 heavy (non-hydrogen) atoms. The van der Waals surface area contributed by atoms with Crippen molar-refractivity contribution in [1.82, 2.24) is 9.38 Å². The van der Waals surface area contributed by atoms with Gasteiger partial charge in [0.2, 0.25) is 0 Å². The number of hydrogen-bond acceptors (Lipinski definition) is 3. The number of thiophene rings is 1. The highest BCUT2D eigenvalue weighted by Gasteiger charge is 2.10. The molecule has 0 aromatic carbocycles. The van der Waals surface area contributed by atoms with Gasteiger partial charge in [0.25, 0.3) is 0 Å². The van der Waals surface area contributed by atoms with E-state index in [1.54, 1.807) is 11.3 Å². The number of nitrogens with two attached hydrogens (primary N) is 1. The molecule has 0 aliphatic heterocycles. The van der Waals surface area contributed by atoms with Crippen LogP contribution >= 0.6 is 27.3 Å². The summed E-state index contributed by atoms with van der Waals surface area (Å²) >= 11 is 5.15. The summed E-state index contributed by atoms with van der Waals surface area (Å²) in [5.74, 6) is 0.964. The fourth-order valence-corrected chi connectivity index (χ4v) is 3.25. The molecule has 0 amide bonds. The first kappa shape index (κ1) is 11.0. The summed E-state index contributed by atoms with van der Waals surface area (Å²) in [6, 6.07) is 8.14. The van der Waals surface area contributed by atoms with E-state index in [1.807, 2.05) is 30.6 Å². The second kappa shape index (κ2) is 4.25. The number of hydrogen-bond donors (Lipinski definition) is 1. The molecule has 0 radical (unpaired) electrons. The monoisotopic (exact) mass is 307 g/mol. The van der Waals surface area contributed by atoms with E-state index in [9.17, 15) is 0 Å². The summed E-state index contributed by atoms with van der Waals surface area (Å²) in [7, 11) is 0. The van der Waals surface area contributed by atoms with Crippen molar-refractivity contribution in [3.8, 4) is 10.7 Å². The molecule has 86 valence electrons. The van der Waals surface area contributed by atoms with E-state index in [4.69, 9.17) is 5.73 Å². The fraction of sp³-hybridized carbons (Fsp3) is 0.0833. The summed E-state index contributed by atoms with van der Waals surface area (Å²) in [6.45, 7) is 0.531. The van der Waals surface area contributed by atoms with Gasteiger partial charge in [-0.1, -0.05) is 6.07 Å². The van der Waals surface area contributed by atoms with Gasteiger partial charge in [-0.05, 0) is 39.7 Å². The maximum absolute atomic E-state index is 5.72. The van der Waals surface area contributed by atoms with E-state index in [0.29, 0.717) is 6.54 Å². The third-order valence-electron chi connectivity index (χ3n) is 2.67. The van der Waals surface area contributed by atoms with Gasteiger partial charge >= 0.3 is 0 Å². The SMILES string of the molecule is NCc1cccn2c(-c3ccc(Br)s3)ncc12. The largest absolute Gasteiger partial charge is 0.326 e. The normalized spacial score (nSPS) is 11.2. The fourth-order valence-electron chi connectivity index (χ4n) is 1.87. The molecular weight excluding hydrogens is 298 g/mol. The van der Waals surface area contributed by atoms with E-state index in [1.165, 1.54) is 0 Å². The van der Waals surface area contributed by atoms with Crippen molar-refractivity contribution in [2.75, 3.05) is 0 Å². The molecule has 0 unspecified atom stereocenters. The highest BCUT2D eigenvalue weighted by molar-refractivity contribution is 9.11. The van der Waals surface area contributed by atoms with E-state index in [2.05, 4.69) is 31.4 Å². The van der Waals surface area contributed by atoms with Crippen molar-refractivity contribution >= 4 is 32.8 Å². The number of fused-ring (bicyclic) bond motifs is 1. The van der Waals surface area contributed by atoms with Gasteiger partial charge in [0.15, 0.2) is 5.82 Å². The zero-order valence-electron chi connectivity index (χ0n) is 8.93. The predicted molar refractivity (Wildman–Crippen MR) is 74.1 cm³/mol. The van der Waals surface area contributed by atoms with Gasteiger partial charge in [-0.2, -0.15) is 0 Å². The minimum atomic E-state index is 0.531. The van der Waals surface area contributed by atoms with Crippen LogP contribution in [0.2, 0.25) is 0 Å². The van der Waals surface area contributed by atoms with Gasteiger partial charge in [0.05, 0.1) is 20.4 Å². The predicted octanol–water partition coefficient (Wildman–Crippen LogP) is 3.28. The summed E-state index contributed by atoms with van der Waals surface area (Å²) in [6.07, 6.45) is 3.90. The molecule has 0 saturated carbocycles. The van der Waals surface area contributed by atoms with Gasteiger partial charge in [-0.15, -0.1) is 11.3 Å². The number of aromatic nitrogens is 2. The Morgan fingerprint density at radius 2 is 2.24 bits per heavy atom. The first-order valence-electron chi connectivity index (χ1n) is 5.20. The molecule has 2 N–H and O–H groups in total. The average molecular weight is 308 g/mol. The Labute approximate surface area is 111 Å². The van der Waals surface area contributed by atoms with E-state index in [-0.39, 0.29) is 0 Å². The second-order valence-electron chi connectivity index (χ2n) is 3.68. The molecule has 3 rings (SSSR count). The third kappa shape index (κ3) is 1.80. The van der Waals surface area contributed by atoms with Crippen LogP contribution in [0.3, 0.4) is 0 Å². The topological polar surface area (TPSA) is 43.3 Å². The van der Waals surface area contributed by atoms with Crippen LogP contribution in [0.4, 0.5) is 0 Å². The first-order valence-corrected chi connectivity index (χ1v) is 6.81. The number of imidazole rings is 1. The Hall–Kier alpha value is -1.17. The van der Waals surface area contributed by atoms with Crippen LogP contribution < -0.4 is 5.73 Å². The van der Waals surface area contributed by atoms with Crippen LogP contribution in [0, 0.1) is 0 Å². The first-order chi connectivity index (χ1) is 8.29. The quantitative estimate of drug-likeness (QED) is 0.789. The molecule has 0 atom stereocenters. The highest BCUT2D eigenvalue weighted by atomic mass is 79.9. The molecule has 0 saturated heterocycles.